The zero-order chi connectivity index (χ0) is 40.8. The lowest BCUT2D eigenvalue weighted by Gasteiger charge is -2.22. The minimum absolute atomic E-state index is 0.0244. The van der Waals surface area contributed by atoms with E-state index in [9.17, 15) is 19.8 Å². The predicted octanol–water partition coefficient (Wildman–Crippen LogP) is 14.6. The average molecular weight is 792 g/mol. The van der Waals surface area contributed by atoms with Gasteiger partial charge in [0.1, 0.15) is 0 Å². The molecule has 56 heavy (non-hydrogen) atoms. The average Bonchev–Trinajstić information content (AvgIpc) is 3.20. The lowest BCUT2D eigenvalue weighted by Crippen LogP contribution is -2.45. The highest BCUT2D eigenvalue weighted by Gasteiger charge is 2.20. The number of esters is 1. The number of allylic oxidation sites excluding steroid dienone is 2. The molecule has 0 aromatic heterocycles. The van der Waals surface area contributed by atoms with Crippen molar-refractivity contribution in [2.24, 2.45) is 0 Å². The zero-order valence-electron chi connectivity index (χ0n) is 37.6. The van der Waals surface area contributed by atoms with Crippen molar-refractivity contribution in [2.75, 3.05) is 13.2 Å². The highest BCUT2D eigenvalue weighted by Crippen LogP contribution is 2.16. The molecular formula is C50H97NO5. The molecule has 0 bridgehead atoms. The molecule has 0 radical (unpaired) electrons. The molecule has 0 aliphatic carbocycles. The van der Waals surface area contributed by atoms with E-state index in [1.54, 1.807) is 0 Å². The number of unbranched alkanes of at least 4 members (excludes halogenated alkanes) is 33. The van der Waals surface area contributed by atoms with E-state index in [0.717, 1.165) is 57.8 Å². The van der Waals surface area contributed by atoms with Crippen LogP contribution in [0.2, 0.25) is 0 Å². The number of hydrogen-bond donors (Lipinski definition) is 3. The second kappa shape index (κ2) is 46.3. The van der Waals surface area contributed by atoms with Crippen molar-refractivity contribution in [3.8, 4) is 0 Å². The fourth-order valence-electron chi connectivity index (χ4n) is 7.68. The maximum atomic E-state index is 12.4. The molecule has 2 unspecified atom stereocenters. The standard InChI is InChI=1S/C50H97NO5/c1-3-5-7-9-11-13-15-16-17-18-19-20-23-26-30-34-38-42-48(53)47(46-52)51-49(54)43-39-35-31-27-24-21-25-29-33-37-41-45-56-50(55)44-40-36-32-28-22-14-12-10-8-6-4-2/h10,12,47-48,52-53H,3-9,11,13-46H2,1-2H3,(H,51,54)/b12-10-. The largest absolute Gasteiger partial charge is 0.466 e. The number of amides is 1. The Labute approximate surface area is 349 Å². The maximum absolute atomic E-state index is 12.4. The van der Waals surface area contributed by atoms with Crippen LogP contribution in [-0.4, -0.2) is 47.4 Å². The second-order valence-corrected chi connectivity index (χ2v) is 17.1. The van der Waals surface area contributed by atoms with Gasteiger partial charge in [0.25, 0.3) is 0 Å². The smallest absolute Gasteiger partial charge is 0.305 e. The van der Waals surface area contributed by atoms with Crippen molar-refractivity contribution in [3.05, 3.63) is 12.2 Å². The monoisotopic (exact) mass is 792 g/mol. The molecule has 0 fully saturated rings. The summed E-state index contributed by atoms with van der Waals surface area (Å²) in [6.45, 7) is 4.88. The van der Waals surface area contributed by atoms with Crippen LogP contribution < -0.4 is 5.32 Å². The van der Waals surface area contributed by atoms with Crippen LogP contribution >= 0.6 is 0 Å². The zero-order valence-corrected chi connectivity index (χ0v) is 37.6. The topological polar surface area (TPSA) is 95.9 Å². The van der Waals surface area contributed by atoms with Crippen molar-refractivity contribution in [3.63, 3.8) is 0 Å². The summed E-state index contributed by atoms with van der Waals surface area (Å²) in [5.41, 5.74) is 0. The summed E-state index contributed by atoms with van der Waals surface area (Å²) in [6, 6.07) is -0.555. The number of nitrogens with one attached hydrogen (secondary N) is 1. The number of carbonyl (C=O) groups is 2. The van der Waals surface area contributed by atoms with Crippen LogP contribution in [0.3, 0.4) is 0 Å². The van der Waals surface area contributed by atoms with Crippen LogP contribution in [0.15, 0.2) is 12.2 Å². The molecule has 6 heteroatoms. The Morgan fingerprint density at radius 3 is 1.32 bits per heavy atom. The van der Waals surface area contributed by atoms with Gasteiger partial charge in [0.15, 0.2) is 0 Å². The van der Waals surface area contributed by atoms with Gasteiger partial charge in [-0.2, -0.15) is 0 Å². The van der Waals surface area contributed by atoms with E-state index >= 15 is 0 Å². The van der Waals surface area contributed by atoms with Gasteiger partial charge in [-0.3, -0.25) is 9.59 Å². The Balaban J connectivity index is 3.48. The van der Waals surface area contributed by atoms with E-state index < -0.39 is 12.1 Å². The molecule has 0 aromatic carbocycles. The molecule has 0 aliphatic rings. The molecule has 6 nitrogen and oxygen atoms in total. The first kappa shape index (κ1) is 54.6. The third-order valence-electron chi connectivity index (χ3n) is 11.6. The summed E-state index contributed by atoms with van der Waals surface area (Å²) in [6.07, 6.45) is 51.7. The summed E-state index contributed by atoms with van der Waals surface area (Å²) in [7, 11) is 0. The molecule has 1 amide bonds. The van der Waals surface area contributed by atoms with E-state index in [-0.39, 0.29) is 18.5 Å². The SMILES string of the molecule is CCCC/C=C\CCCCCCCC(=O)OCCCCCCCCCCCCCC(=O)NC(CO)C(O)CCCCCCCCCCCCCCCCCCC. The highest BCUT2D eigenvalue weighted by atomic mass is 16.5. The van der Waals surface area contributed by atoms with Crippen molar-refractivity contribution in [1.29, 1.82) is 0 Å². The van der Waals surface area contributed by atoms with Crippen molar-refractivity contribution < 1.29 is 24.5 Å². The number of ether oxygens (including phenoxy) is 1. The Bertz CT molecular complexity index is 832. The van der Waals surface area contributed by atoms with Crippen molar-refractivity contribution in [2.45, 2.75) is 283 Å². The number of rotatable bonds is 46. The minimum Gasteiger partial charge on any atom is -0.466 e. The molecule has 0 saturated heterocycles. The molecule has 0 saturated carbocycles. The normalized spacial score (nSPS) is 12.7. The second-order valence-electron chi connectivity index (χ2n) is 17.1. The number of hydrogen-bond acceptors (Lipinski definition) is 5. The van der Waals surface area contributed by atoms with Crippen LogP contribution in [0.4, 0.5) is 0 Å². The van der Waals surface area contributed by atoms with Gasteiger partial charge in [-0.1, -0.05) is 225 Å². The summed E-state index contributed by atoms with van der Waals surface area (Å²) in [5.74, 6) is -0.0773. The van der Waals surface area contributed by atoms with Crippen LogP contribution in [0.25, 0.3) is 0 Å². The van der Waals surface area contributed by atoms with Gasteiger partial charge < -0.3 is 20.3 Å². The maximum Gasteiger partial charge on any atom is 0.305 e. The summed E-state index contributed by atoms with van der Waals surface area (Å²) < 4.78 is 5.43. The Hall–Kier alpha value is -1.40. The third kappa shape index (κ3) is 42.2. The molecular weight excluding hydrogens is 695 g/mol. The Morgan fingerprint density at radius 1 is 0.482 bits per heavy atom. The van der Waals surface area contributed by atoms with E-state index in [4.69, 9.17) is 4.74 Å². The minimum atomic E-state index is -0.676. The third-order valence-corrected chi connectivity index (χ3v) is 11.6. The van der Waals surface area contributed by atoms with Crippen molar-refractivity contribution >= 4 is 11.9 Å². The fraction of sp³-hybridized carbons (Fsp3) is 0.920. The van der Waals surface area contributed by atoms with Crippen LogP contribution in [0, 0.1) is 0 Å². The number of carbonyl (C=O) groups excluding carboxylic acids is 2. The van der Waals surface area contributed by atoms with Crippen LogP contribution in [0.1, 0.15) is 271 Å². The van der Waals surface area contributed by atoms with Gasteiger partial charge in [-0.25, -0.2) is 0 Å². The molecule has 0 spiro atoms. The molecule has 2 atom stereocenters. The van der Waals surface area contributed by atoms with E-state index in [1.165, 1.54) is 180 Å². The first-order valence-corrected chi connectivity index (χ1v) is 24.9. The summed E-state index contributed by atoms with van der Waals surface area (Å²) >= 11 is 0. The molecule has 0 heterocycles. The van der Waals surface area contributed by atoms with E-state index in [0.29, 0.717) is 25.9 Å². The lowest BCUT2D eigenvalue weighted by atomic mass is 10.0. The van der Waals surface area contributed by atoms with Crippen LogP contribution in [-0.2, 0) is 14.3 Å². The molecule has 0 rings (SSSR count). The number of aliphatic hydroxyl groups is 2. The first-order valence-electron chi connectivity index (χ1n) is 24.9. The van der Waals surface area contributed by atoms with E-state index in [2.05, 4.69) is 31.3 Å². The predicted molar refractivity (Wildman–Crippen MR) is 241 cm³/mol. The Kier molecular flexibility index (Phi) is 45.1. The van der Waals surface area contributed by atoms with Gasteiger partial charge in [-0.15, -0.1) is 0 Å². The Morgan fingerprint density at radius 2 is 0.857 bits per heavy atom. The number of aliphatic hydroxyl groups excluding tert-OH is 2. The van der Waals surface area contributed by atoms with Gasteiger partial charge in [0, 0.05) is 12.8 Å². The molecule has 0 aliphatic heterocycles. The fourth-order valence-corrected chi connectivity index (χ4v) is 7.68. The highest BCUT2D eigenvalue weighted by molar-refractivity contribution is 5.76. The van der Waals surface area contributed by atoms with Gasteiger partial charge in [-0.05, 0) is 44.9 Å². The van der Waals surface area contributed by atoms with Gasteiger partial charge in [0.2, 0.25) is 5.91 Å². The van der Waals surface area contributed by atoms with Gasteiger partial charge in [0.05, 0.1) is 25.4 Å². The van der Waals surface area contributed by atoms with Crippen molar-refractivity contribution in [1.82, 2.24) is 5.32 Å². The lowest BCUT2D eigenvalue weighted by molar-refractivity contribution is -0.143. The quantitative estimate of drug-likeness (QED) is 0.0324. The molecule has 3 N–H and O–H groups in total. The summed E-state index contributed by atoms with van der Waals surface area (Å²) in [5, 5.41) is 23.2. The molecule has 332 valence electrons. The van der Waals surface area contributed by atoms with E-state index in [1.807, 2.05) is 0 Å². The molecule has 0 aromatic rings. The first-order chi connectivity index (χ1) is 27.5. The summed E-state index contributed by atoms with van der Waals surface area (Å²) in [4.78, 5) is 24.4. The van der Waals surface area contributed by atoms with Gasteiger partial charge >= 0.3 is 5.97 Å². The van der Waals surface area contributed by atoms with Crippen LogP contribution in [0.5, 0.6) is 0 Å².